The number of aromatic nitrogens is 2. The number of carbonyl (C=O) groups excluding carboxylic acids is 1. The third-order valence-electron chi connectivity index (χ3n) is 4.49. The van der Waals surface area contributed by atoms with Crippen molar-refractivity contribution in [1.29, 1.82) is 0 Å². The van der Waals surface area contributed by atoms with E-state index in [1.54, 1.807) is 12.1 Å². The average molecular weight is 348 g/mol. The number of hydrogen-bond acceptors (Lipinski definition) is 4. The second-order valence-electron chi connectivity index (χ2n) is 6.31. The van der Waals surface area contributed by atoms with Gasteiger partial charge in [-0.15, -0.1) is 0 Å². The van der Waals surface area contributed by atoms with Crippen LogP contribution in [0.2, 0.25) is 5.02 Å². The monoisotopic (exact) mass is 347 g/mol. The quantitative estimate of drug-likeness (QED) is 0.874. The van der Waals surface area contributed by atoms with Gasteiger partial charge < -0.3 is 14.8 Å². The number of rotatable bonds is 2. The zero-order valence-corrected chi connectivity index (χ0v) is 14.1. The molecule has 1 amide bonds. The highest BCUT2D eigenvalue weighted by Gasteiger charge is 2.25. The lowest BCUT2D eigenvalue weighted by molar-refractivity contribution is 0.102. The molecule has 2 aromatic rings. The highest BCUT2D eigenvalue weighted by Crippen LogP contribution is 2.38. The summed E-state index contributed by atoms with van der Waals surface area (Å²) in [6, 6.07) is 3.35. The Morgan fingerprint density at radius 3 is 2.88 bits per heavy atom. The first-order valence-electron chi connectivity index (χ1n) is 8.08. The van der Waals surface area contributed by atoms with E-state index >= 15 is 0 Å². The average Bonchev–Trinajstić information content (AvgIpc) is 2.98. The van der Waals surface area contributed by atoms with Crippen LogP contribution in [0.3, 0.4) is 0 Å². The molecule has 1 aliphatic heterocycles. The van der Waals surface area contributed by atoms with Crippen LogP contribution in [0.25, 0.3) is 0 Å². The molecular weight excluding hydrogens is 330 g/mol. The van der Waals surface area contributed by atoms with Crippen LogP contribution in [-0.4, -0.2) is 29.3 Å². The normalized spacial score (nSPS) is 18.8. The van der Waals surface area contributed by atoms with Gasteiger partial charge in [-0.1, -0.05) is 18.5 Å². The SMILES string of the molecule is CC1CCc2[nH]nc(C(=O)Nc3cc4c(cc3Cl)OCCO4)c2C1. The van der Waals surface area contributed by atoms with Crippen molar-refractivity contribution in [3.05, 3.63) is 34.1 Å². The number of hydrogen-bond donors (Lipinski definition) is 2. The highest BCUT2D eigenvalue weighted by molar-refractivity contribution is 6.34. The number of amides is 1. The van der Waals surface area contributed by atoms with Gasteiger partial charge in [-0.3, -0.25) is 9.89 Å². The van der Waals surface area contributed by atoms with Gasteiger partial charge in [0.1, 0.15) is 13.2 Å². The summed E-state index contributed by atoms with van der Waals surface area (Å²) in [7, 11) is 0. The Hall–Kier alpha value is -2.21. The Bertz CT molecular complexity index is 803. The Morgan fingerprint density at radius 2 is 2.08 bits per heavy atom. The Labute approximate surface area is 144 Å². The van der Waals surface area contributed by atoms with Gasteiger partial charge in [0.25, 0.3) is 5.91 Å². The maximum absolute atomic E-state index is 12.6. The van der Waals surface area contributed by atoms with Crippen LogP contribution in [0.5, 0.6) is 11.5 Å². The fourth-order valence-corrected chi connectivity index (χ4v) is 3.40. The van der Waals surface area contributed by atoms with E-state index in [1.165, 1.54) is 0 Å². The number of nitrogens with one attached hydrogen (secondary N) is 2. The number of carbonyl (C=O) groups is 1. The van der Waals surface area contributed by atoms with E-state index in [-0.39, 0.29) is 5.91 Å². The molecule has 0 bridgehead atoms. The number of aryl methyl sites for hydroxylation is 1. The molecule has 2 heterocycles. The van der Waals surface area contributed by atoms with Crippen LogP contribution in [0.15, 0.2) is 12.1 Å². The minimum absolute atomic E-state index is 0.264. The summed E-state index contributed by atoms with van der Waals surface area (Å²) in [5.41, 5.74) is 3.01. The van der Waals surface area contributed by atoms with Crippen molar-refractivity contribution in [2.24, 2.45) is 5.92 Å². The fourth-order valence-electron chi connectivity index (χ4n) is 3.20. The first-order valence-corrected chi connectivity index (χ1v) is 8.46. The van der Waals surface area contributed by atoms with Gasteiger partial charge in [-0.05, 0) is 25.2 Å². The van der Waals surface area contributed by atoms with Crippen molar-refractivity contribution in [2.45, 2.75) is 26.2 Å². The van der Waals surface area contributed by atoms with E-state index in [4.69, 9.17) is 21.1 Å². The fraction of sp³-hybridized carbons (Fsp3) is 0.412. The third kappa shape index (κ3) is 2.71. The van der Waals surface area contributed by atoms with Crippen LogP contribution in [-0.2, 0) is 12.8 Å². The highest BCUT2D eigenvalue weighted by atomic mass is 35.5. The summed E-state index contributed by atoms with van der Waals surface area (Å²) in [4.78, 5) is 12.6. The first kappa shape index (κ1) is 15.3. The lowest BCUT2D eigenvalue weighted by Crippen LogP contribution is -2.19. The summed E-state index contributed by atoms with van der Waals surface area (Å²) in [6.45, 7) is 3.16. The van der Waals surface area contributed by atoms with Gasteiger partial charge in [0, 0.05) is 23.4 Å². The molecule has 0 saturated heterocycles. The van der Waals surface area contributed by atoms with Gasteiger partial charge in [0.15, 0.2) is 17.2 Å². The van der Waals surface area contributed by atoms with Gasteiger partial charge in [0.2, 0.25) is 0 Å². The van der Waals surface area contributed by atoms with Crippen molar-refractivity contribution in [3.8, 4) is 11.5 Å². The molecular formula is C17H18ClN3O3. The largest absolute Gasteiger partial charge is 0.486 e. The number of halogens is 1. The second-order valence-corrected chi connectivity index (χ2v) is 6.71. The molecule has 7 heteroatoms. The van der Waals surface area contributed by atoms with Gasteiger partial charge >= 0.3 is 0 Å². The van der Waals surface area contributed by atoms with E-state index in [0.717, 1.165) is 30.5 Å². The lowest BCUT2D eigenvalue weighted by Gasteiger charge is -2.20. The molecule has 0 radical (unpaired) electrons. The van der Waals surface area contributed by atoms with Crippen LogP contribution in [0.1, 0.15) is 35.1 Å². The predicted octanol–water partition coefficient (Wildman–Crippen LogP) is 3.21. The molecule has 4 rings (SSSR count). The molecule has 2 N–H and O–H groups in total. The lowest BCUT2D eigenvalue weighted by atomic mass is 9.87. The minimum Gasteiger partial charge on any atom is -0.486 e. The molecule has 0 saturated carbocycles. The smallest absolute Gasteiger partial charge is 0.276 e. The summed E-state index contributed by atoms with van der Waals surface area (Å²) in [5, 5.41) is 10.4. The standard InChI is InChI=1S/C17H18ClN3O3/c1-9-2-3-12-10(6-9)16(21-20-12)17(22)19-13-8-15-14(7-11(13)18)23-4-5-24-15/h7-9H,2-6H2,1H3,(H,19,22)(H,20,21). The molecule has 0 fully saturated rings. The van der Waals surface area contributed by atoms with E-state index in [1.807, 2.05) is 0 Å². The predicted molar refractivity (Wildman–Crippen MR) is 90.2 cm³/mol. The molecule has 1 aromatic carbocycles. The molecule has 24 heavy (non-hydrogen) atoms. The van der Waals surface area contributed by atoms with Crippen molar-refractivity contribution in [3.63, 3.8) is 0 Å². The van der Waals surface area contributed by atoms with Gasteiger partial charge in [-0.2, -0.15) is 5.10 Å². The second kappa shape index (κ2) is 6.02. The van der Waals surface area contributed by atoms with Crippen LogP contribution < -0.4 is 14.8 Å². The summed E-state index contributed by atoms with van der Waals surface area (Å²) in [5.74, 6) is 1.47. The topological polar surface area (TPSA) is 76.2 Å². The van der Waals surface area contributed by atoms with Crippen LogP contribution in [0.4, 0.5) is 5.69 Å². The maximum atomic E-state index is 12.6. The molecule has 126 valence electrons. The van der Waals surface area contributed by atoms with E-state index in [2.05, 4.69) is 22.4 Å². The van der Waals surface area contributed by atoms with Gasteiger partial charge in [-0.25, -0.2) is 0 Å². The number of anilines is 1. The molecule has 1 unspecified atom stereocenters. The van der Waals surface area contributed by atoms with Crippen molar-refractivity contribution in [1.82, 2.24) is 10.2 Å². The Balaban J connectivity index is 1.60. The zero-order valence-electron chi connectivity index (χ0n) is 13.3. The molecule has 2 aliphatic rings. The molecule has 6 nitrogen and oxygen atoms in total. The number of nitrogens with zero attached hydrogens (tertiary/aromatic N) is 1. The Kier molecular flexibility index (Phi) is 3.84. The summed E-state index contributed by atoms with van der Waals surface area (Å²) < 4.78 is 11.0. The number of benzene rings is 1. The number of H-pyrrole nitrogens is 1. The molecule has 1 aliphatic carbocycles. The van der Waals surface area contributed by atoms with Crippen molar-refractivity contribution >= 4 is 23.2 Å². The van der Waals surface area contributed by atoms with Crippen molar-refractivity contribution in [2.75, 3.05) is 18.5 Å². The third-order valence-corrected chi connectivity index (χ3v) is 4.80. The zero-order chi connectivity index (χ0) is 16.7. The Morgan fingerprint density at radius 1 is 1.33 bits per heavy atom. The number of aromatic amines is 1. The van der Waals surface area contributed by atoms with Gasteiger partial charge in [0.05, 0.1) is 10.7 Å². The number of fused-ring (bicyclic) bond motifs is 2. The first-order chi connectivity index (χ1) is 11.6. The van der Waals surface area contributed by atoms with Crippen LogP contribution >= 0.6 is 11.6 Å². The van der Waals surface area contributed by atoms with Crippen molar-refractivity contribution < 1.29 is 14.3 Å². The van der Waals surface area contributed by atoms with Crippen LogP contribution in [0, 0.1) is 5.92 Å². The van der Waals surface area contributed by atoms with E-state index in [9.17, 15) is 4.79 Å². The molecule has 1 atom stereocenters. The molecule has 1 aromatic heterocycles. The number of ether oxygens (including phenoxy) is 2. The summed E-state index contributed by atoms with van der Waals surface area (Å²) in [6.07, 6.45) is 2.91. The van der Waals surface area contributed by atoms with E-state index < -0.39 is 0 Å². The summed E-state index contributed by atoms with van der Waals surface area (Å²) >= 11 is 6.25. The minimum atomic E-state index is -0.264. The van der Waals surface area contributed by atoms with E-state index in [0.29, 0.717) is 47.0 Å². The molecule has 0 spiro atoms. The maximum Gasteiger partial charge on any atom is 0.276 e.